The highest BCUT2D eigenvalue weighted by Gasteiger charge is 2.29. The Labute approximate surface area is 195 Å². The highest BCUT2D eigenvalue weighted by Crippen LogP contribution is 2.28. The molecule has 30 heavy (non-hydrogen) atoms. The Bertz CT molecular complexity index is 879. The van der Waals surface area contributed by atoms with E-state index in [2.05, 4.69) is 21.2 Å². The van der Waals surface area contributed by atoms with Crippen molar-refractivity contribution in [3.8, 4) is 5.75 Å². The summed E-state index contributed by atoms with van der Waals surface area (Å²) in [5.41, 5.74) is 0.760. The number of carbonyl (C=O) groups is 2. The minimum Gasteiger partial charge on any atom is -0.482 e. The first-order chi connectivity index (χ1) is 14.4. The number of hydrogen-bond donors (Lipinski definition) is 1. The summed E-state index contributed by atoms with van der Waals surface area (Å²) in [5, 5.41) is 3.80. The second-order valence-corrected chi connectivity index (χ2v) is 8.42. The van der Waals surface area contributed by atoms with Crippen molar-refractivity contribution >= 4 is 50.9 Å². The van der Waals surface area contributed by atoms with Crippen LogP contribution in [0.1, 0.15) is 32.3 Å². The van der Waals surface area contributed by atoms with Crippen molar-refractivity contribution in [3.05, 3.63) is 62.5 Å². The molecule has 0 saturated heterocycles. The van der Waals surface area contributed by atoms with Crippen molar-refractivity contribution in [1.29, 1.82) is 0 Å². The summed E-state index contributed by atoms with van der Waals surface area (Å²) in [6.07, 6.45) is 1.27. The van der Waals surface area contributed by atoms with Gasteiger partial charge >= 0.3 is 0 Å². The molecule has 2 aromatic carbocycles. The molecule has 0 heterocycles. The van der Waals surface area contributed by atoms with Gasteiger partial charge in [-0.15, -0.1) is 0 Å². The number of carbonyl (C=O) groups excluding carboxylic acids is 2. The molecule has 162 valence electrons. The lowest BCUT2D eigenvalue weighted by molar-refractivity contribution is -0.143. The Morgan fingerprint density at radius 2 is 1.87 bits per heavy atom. The second kappa shape index (κ2) is 12.2. The molecule has 0 saturated carbocycles. The first kappa shape index (κ1) is 24.5. The van der Waals surface area contributed by atoms with Crippen LogP contribution in [0.5, 0.6) is 5.75 Å². The van der Waals surface area contributed by atoms with Gasteiger partial charge in [-0.3, -0.25) is 9.59 Å². The summed E-state index contributed by atoms with van der Waals surface area (Å²) in [6.45, 7) is 4.35. The number of ether oxygens (including phenoxy) is 1. The number of halogens is 3. The first-order valence-electron chi connectivity index (χ1n) is 9.75. The van der Waals surface area contributed by atoms with E-state index < -0.39 is 6.04 Å². The second-order valence-electron chi connectivity index (χ2n) is 6.69. The molecule has 8 heteroatoms. The normalized spacial score (nSPS) is 11.6. The third-order valence-electron chi connectivity index (χ3n) is 4.48. The fourth-order valence-corrected chi connectivity index (χ4v) is 3.83. The summed E-state index contributed by atoms with van der Waals surface area (Å²) in [4.78, 5) is 27.3. The van der Waals surface area contributed by atoms with Crippen molar-refractivity contribution in [3.63, 3.8) is 0 Å². The number of benzene rings is 2. The van der Waals surface area contributed by atoms with Gasteiger partial charge in [0.1, 0.15) is 11.8 Å². The van der Waals surface area contributed by atoms with Crippen molar-refractivity contribution in [2.24, 2.45) is 0 Å². The summed E-state index contributed by atoms with van der Waals surface area (Å²) in [7, 11) is 0. The Morgan fingerprint density at radius 1 is 1.13 bits per heavy atom. The van der Waals surface area contributed by atoms with Crippen LogP contribution in [0.3, 0.4) is 0 Å². The molecule has 0 aliphatic carbocycles. The number of nitrogens with one attached hydrogen (secondary N) is 1. The highest BCUT2D eigenvalue weighted by atomic mass is 79.9. The zero-order chi connectivity index (χ0) is 22.1. The van der Waals surface area contributed by atoms with Crippen molar-refractivity contribution < 1.29 is 14.3 Å². The number of hydrogen-bond acceptors (Lipinski definition) is 3. The molecule has 0 bridgehead atoms. The standard InChI is InChI=1S/C22H25BrCl2N2O3/c1-3-11-26-22(29)19(4-2)27(13-15-7-5-6-8-17(15)24)21(28)14-30-20-10-9-16(23)12-18(20)25/h5-10,12,19H,3-4,11,13-14H2,1-2H3,(H,26,29)/t19-/m0/s1. The van der Waals surface area contributed by atoms with Gasteiger partial charge in [0.2, 0.25) is 5.91 Å². The Balaban J connectivity index is 2.22. The fourth-order valence-electron chi connectivity index (χ4n) is 2.91. The maximum atomic E-state index is 13.1. The molecule has 0 unspecified atom stereocenters. The monoisotopic (exact) mass is 514 g/mol. The van der Waals surface area contributed by atoms with E-state index in [1.807, 2.05) is 32.0 Å². The molecular formula is C22H25BrCl2N2O3. The fraction of sp³-hybridized carbons (Fsp3) is 0.364. The van der Waals surface area contributed by atoms with E-state index in [-0.39, 0.29) is 25.0 Å². The molecule has 0 aromatic heterocycles. The molecule has 0 radical (unpaired) electrons. The molecule has 2 aromatic rings. The maximum Gasteiger partial charge on any atom is 0.261 e. The van der Waals surface area contributed by atoms with E-state index in [9.17, 15) is 9.59 Å². The third-order valence-corrected chi connectivity index (χ3v) is 5.64. The maximum absolute atomic E-state index is 13.1. The quantitative estimate of drug-likeness (QED) is 0.456. The minimum atomic E-state index is -0.635. The Hall–Kier alpha value is -1.76. The van der Waals surface area contributed by atoms with Gasteiger partial charge in [-0.05, 0) is 42.7 Å². The van der Waals surface area contributed by atoms with Crippen LogP contribution in [0.2, 0.25) is 10.0 Å². The molecule has 0 fully saturated rings. The lowest BCUT2D eigenvalue weighted by Crippen LogP contribution is -2.50. The first-order valence-corrected chi connectivity index (χ1v) is 11.3. The summed E-state index contributed by atoms with van der Waals surface area (Å²) in [5.74, 6) is -0.122. The lowest BCUT2D eigenvalue weighted by Gasteiger charge is -2.30. The van der Waals surface area contributed by atoms with Gasteiger partial charge in [-0.2, -0.15) is 0 Å². The topological polar surface area (TPSA) is 58.6 Å². The van der Waals surface area contributed by atoms with Crippen LogP contribution in [0, 0.1) is 0 Å². The SMILES string of the molecule is CCCNC(=O)[C@H](CC)N(Cc1ccccc1Cl)C(=O)COc1ccc(Br)cc1Cl. The van der Waals surface area contributed by atoms with Gasteiger partial charge in [-0.1, -0.05) is 71.2 Å². The van der Waals surface area contributed by atoms with Crippen LogP contribution in [-0.4, -0.2) is 35.9 Å². The molecule has 1 atom stereocenters. The van der Waals surface area contributed by atoms with Gasteiger partial charge in [-0.25, -0.2) is 0 Å². The predicted molar refractivity (Wildman–Crippen MR) is 124 cm³/mol. The van der Waals surface area contributed by atoms with Crippen LogP contribution in [0.15, 0.2) is 46.9 Å². The Kier molecular flexibility index (Phi) is 9.95. The van der Waals surface area contributed by atoms with E-state index in [1.54, 1.807) is 24.3 Å². The Morgan fingerprint density at radius 3 is 2.50 bits per heavy atom. The average molecular weight is 516 g/mol. The van der Waals surface area contributed by atoms with Crippen LogP contribution in [-0.2, 0) is 16.1 Å². The van der Waals surface area contributed by atoms with Crippen molar-refractivity contribution in [2.45, 2.75) is 39.3 Å². The predicted octanol–water partition coefficient (Wildman–Crippen LogP) is 5.47. The largest absolute Gasteiger partial charge is 0.482 e. The van der Waals surface area contributed by atoms with Crippen LogP contribution in [0.25, 0.3) is 0 Å². The summed E-state index contributed by atoms with van der Waals surface area (Å²) >= 11 is 15.8. The molecule has 2 amide bonds. The van der Waals surface area contributed by atoms with Crippen molar-refractivity contribution in [2.75, 3.05) is 13.2 Å². The molecule has 5 nitrogen and oxygen atoms in total. The molecule has 0 aliphatic rings. The van der Waals surface area contributed by atoms with Gasteiger partial charge in [0, 0.05) is 22.6 Å². The molecule has 2 rings (SSSR count). The van der Waals surface area contributed by atoms with Crippen LogP contribution in [0.4, 0.5) is 0 Å². The highest BCUT2D eigenvalue weighted by molar-refractivity contribution is 9.10. The summed E-state index contributed by atoms with van der Waals surface area (Å²) in [6, 6.07) is 11.8. The van der Waals surface area contributed by atoms with E-state index in [0.29, 0.717) is 28.8 Å². The number of amides is 2. The van der Waals surface area contributed by atoms with Gasteiger partial charge in [0.25, 0.3) is 5.91 Å². The van der Waals surface area contributed by atoms with Gasteiger partial charge in [0.15, 0.2) is 6.61 Å². The minimum absolute atomic E-state index is 0.193. The van der Waals surface area contributed by atoms with Gasteiger partial charge in [0.05, 0.1) is 5.02 Å². The zero-order valence-electron chi connectivity index (χ0n) is 17.0. The third kappa shape index (κ3) is 6.89. The molecular weight excluding hydrogens is 491 g/mol. The van der Waals surface area contributed by atoms with E-state index >= 15 is 0 Å². The van der Waals surface area contributed by atoms with E-state index in [1.165, 1.54) is 4.90 Å². The molecule has 0 spiro atoms. The smallest absolute Gasteiger partial charge is 0.261 e. The lowest BCUT2D eigenvalue weighted by atomic mass is 10.1. The van der Waals surface area contributed by atoms with Crippen LogP contribution < -0.4 is 10.1 Å². The van der Waals surface area contributed by atoms with Gasteiger partial charge < -0.3 is 15.0 Å². The average Bonchev–Trinajstić information content (AvgIpc) is 2.72. The summed E-state index contributed by atoms with van der Waals surface area (Å²) < 4.78 is 6.46. The molecule has 1 N–H and O–H groups in total. The van der Waals surface area contributed by atoms with E-state index in [4.69, 9.17) is 27.9 Å². The van der Waals surface area contributed by atoms with Crippen LogP contribution >= 0.6 is 39.1 Å². The zero-order valence-corrected chi connectivity index (χ0v) is 20.1. The number of nitrogens with zero attached hydrogens (tertiary/aromatic N) is 1. The van der Waals surface area contributed by atoms with E-state index in [0.717, 1.165) is 16.5 Å². The number of rotatable bonds is 10. The molecule has 0 aliphatic heterocycles. The van der Waals surface area contributed by atoms with Crippen molar-refractivity contribution in [1.82, 2.24) is 10.2 Å².